The molecular formula is C14H19N3O3S. The highest BCUT2D eigenvalue weighted by Gasteiger charge is 2.15. The van der Waals surface area contributed by atoms with Crippen molar-refractivity contribution < 1.29 is 13.5 Å². The lowest BCUT2D eigenvalue weighted by atomic mass is 10.1. The van der Waals surface area contributed by atoms with E-state index in [1.165, 1.54) is 12.1 Å². The molecule has 2 aromatic rings. The second kappa shape index (κ2) is 5.97. The van der Waals surface area contributed by atoms with E-state index in [4.69, 9.17) is 0 Å². The summed E-state index contributed by atoms with van der Waals surface area (Å²) in [7, 11) is -1.79. The van der Waals surface area contributed by atoms with E-state index in [1.807, 2.05) is 6.92 Å². The summed E-state index contributed by atoms with van der Waals surface area (Å²) in [4.78, 5) is 0.174. The second-order valence-electron chi connectivity index (χ2n) is 4.98. The molecule has 1 unspecified atom stereocenters. The Morgan fingerprint density at radius 2 is 1.95 bits per heavy atom. The lowest BCUT2D eigenvalue weighted by Gasteiger charge is -2.08. The summed E-state index contributed by atoms with van der Waals surface area (Å²) in [5, 5.41) is 13.6. The molecule has 0 spiro atoms. The van der Waals surface area contributed by atoms with Gasteiger partial charge in [0.2, 0.25) is 10.0 Å². The van der Waals surface area contributed by atoms with Gasteiger partial charge in [0.25, 0.3) is 0 Å². The number of aryl methyl sites for hydroxylation is 2. The van der Waals surface area contributed by atoms with Gasteiger partial charge in [-0.2, -0.15) is 5.10 Å². The number of hydrogen-bond donors (Lipinski definition) is 2. The van der Waals surface area contributed by atoms with Crippen LogP contribution < -0.4 is 4.72 Å². The predicted molar refractivity (Wildman–Crippen MR) is 79.0 cm³/mol. The summed E-state index contributed by atoms with van der Waals surface area (Å²) in [6, 6.07) is 6.18. The van der Waals surface area contributed by atoms with E-state index in [-0.39, 0.29) is 11.4 Å². The minimum Gasteiger partial charge on any atom is -0.389 e. The first-order valence-electron chi connectivity index (χ1n) is 6.56. The summed E-state index contributed by atoms with van der Waals surface area (Å²) < 4.78 is 28.6. The van der Waals surface area contributed by atoms with Crippen LogP contribution in [0, 0.1) is 6.92 Å². The van der Waals surface area contributed by atoms with E-state index in [2.05, 4.69) is 9.82 Å². The fourth-order valence-corrected chi connectivity index (χ4v) is 3.01. The molecule has 2 N–H and O–H groups in total. The first-order chi connectivity index (χ1) is 9.79. The van der Waals surface area contributed by atoms with Crippen LogP contribution in [0.4, 0.5) is 0 Å². The molecular weight excluding hydrogens is 290 g/mol. The molecule has 7 heteroatoms. The van der Waals surface area contributed by atoms with Gasteiger partial charge in [-0.1, -0.05) is 12.1 Å². The SMILES string of the molecule is Cc1nn(C)cc1CNS(=O)(=O)c1ccc(C(C)O)cc1. The Labute approximate surface area is 124 Å². The van der Waals surface area contributed by atoms with E-state index in [0.717, 1.165) is 11.3 Å². The molecule has 114 valence electrons. The van der Waals surface area contributed by atoms with Gasteiger partial charge < -0.3 is 5.11 Å². The summed E-state index contributed by atoms with van der Waals surface area (Å²) in [6.45, 7) is 3.66. The number of hydrogen-bond acceptors (Lipinski definition) is 4. The lowest BCUT2D eigenvalue weighted by Crippen LogP contribution is -2.23. The molecule has 1 atom stereocenters. The zero-order valence-corrected chi connectivity index (χ0v) is 13.1. The molecule has 0 aliphatic carbocycles. The fraction of sp³-hybridized carbons (Fsp3) is 0.357. The summed E-state index contributed by atoms with van der Waals surface area (Å²) >= 11 is 0. The highest BCUT2D eigenvalue weighted by atomic mass is 32.2. The van der Waals surface area contributed by atoms with Gasteiger partial charge >= 0.3 is 0 Å². The van der Waals surface area contributed by atoms with Crippen LogP contribution in [0.1, 0.15) is 29.8 Å². The van der Waals surface area contributed by atoms with Crippen LogP contribution in [0.15, 0.2) is 35.4 Å². The molecule has 1 aromatic carbocycles. The number of rotatable bonds is 5. The van der Waals surface area contributed by atoms with Gasteiger partial charge in [-0.3, -0.25) is 4.68 Å². The third kappa shape index (κ3) is 3.69. The van der Waals surface area contributed by atoms with Gasteiger partial charge in [0, 0.05) is 25.4 Å². The van der Waals surface area contributed by atoms with Crippen molar-refractivity contribution in [2.75, 3.05) is 0 Å². The molecule has 0 radical (unpaired) electrons. The number of aliphatic hydroxyl groups excluding tert-OH is 1. The van der Waals surface area contributed by atoms with Gasteiger partial charge in [0.05, 0.1) is 16.7 Å². The highest BCUT2D eigenvalue weighted by Crippen LogP contribution is 2.16. The van der Waals surface area contributed by atoms with Crippen LogP contribution in [0.25, 0.3) is 0 Å². The van der Waals surface area contributed by atoms with Crippen LogP contribution >= 0.6 is 0 Å². The fourth-order valence-electron chi connectivity index (χ4n) is 2.00. The zero-order valence-electron chi connectivity index (χ0n) is 12.2. The number of aromatic nitrogens is 2. The Morgan fingerprint density at radius 3 is 2.43 bits per heavy atom. The first-order valence-corrected chi connectivity index (χ1v) is 8.05. The van der Waals surface area contributed by atoms with Gasteiger partial charge in [-0.05, 0) is 31.5 Å². The van der Waals surface area contributed by atoms with E-state index in [9.17, 15) is 13.5 Å². The van der Waals surface area contributed by atoms with Crippen LogP contribution in [-0.2, 0) is 23.6 Å². The second-order valence-corrected chi connectivity index (χ2v) is 6.75. The van der Waals surface area contributed by atoms with E-state index >= 15 is 0 Å². The van der Waals surface area contributed by atoms with Crippen molar-refractivity contribution in [3.05, 3.63) is 47.3 Å². The van der Waals surface area contributed by atoms with Crippen molar-refractivity contribution in [2.45, 2.75) is 31.4 Å². The Morgan fingerprint density at radius 1 is 1.33 bits per heavy atom. The Bertz CT molecular complexity index is 718. The first kappa shape index (κ1) is 15.7. The average molecular weight is 309 g/mol. The molecule has 2 rings (SSSR count). The summed E-state index contributed by atoms with van der Waals surface area (Å²) in [5.41, 5.74) is 2.31. The smallest absolute Gasteiger partial charge is 0.240 e. The molecule has 0 bridgehead atoms. The normalized spacial score (nSPS) is 13.3. The molecule has 0 fully saturated rings. The summed E-state index contributed by atoms with van der Waals surface area (Å²) in [6.07, 6.45) is 1.17. The van der Waals surface area contributed by atoms with Crippen molar-refractivity contribution in [3.63, 3.8) is 0 Å². The Hall–Kier alpha value is -1.70. The number of nitrogens with one attached hydrogen (secondary N) is 1. The van der Waals surface area contributed by atoms with Crippen LogP contribution in [-0.4, -0.2) is 23.3 Å². The van der Waals surface area contributed by atoms with Crippen LogP contribution in [0.5, 0.6) is 0 Å². The predicted octanol–water partition coefficient (Wildman–Crippen LogP) is 1.26. The average Bonchev–Trinajstić information content (AvgIpc) is 2.75. The van der Waals surface area contributed by atoms with E-state index in [0.29, 0.717) is 5.56 Å². The maximum atomic E-state index is 12.2. The molecule has 0 saturated heterocycles. The van der Waals surface area contributed by atoms with E-state index in [1.54, 1.807) is 37.0 Å². The van der Waals surface area contributed by atoms with Crippen molar-refractivity contribution in [1.82, 2.24) is 14.5 Å². The molecule has 0 amide bonds. The maximum absolute atomic E-state index is 12.2. The van der Waals surface area contributed by atoms with Crippen molar-refractivity contribution in [1.29, 1.82) is 0 Å². The van der Waals surface area contributed by atoms with Crippen LogP contribution in [0.3, 0.4) is 0 Å². The molecule has 0 saturated carbocycles. The minimum absolute atomic E-state index is 0.174. The van der Waals surface area contributed by atoms with Gasteiger partial charge in [0.15, 0.2) is 0 Å². The maximum Gasteiger partial charge on any atom is 0.240 e. The molecule has 1 heterocycles. The minimum atomic E-state index is -3.58. The van der Waals surface area contributed by atoms with Gasteiger partial charge in [-0.25, -0.2) is 13.1 Å². The zero-order chi connectivity index (χ0) is 15.6. The Balaban J connectivity index is 2.13. The third-order valence-electron chi connectivity index (χ3n) is 3.24. The van der Waals surface area contributed by atoms with Crippen molar-refractivity contribution in [3.8, 4) is 0 Å². The number of sulfonamides is 1. The van der Waals surface area contributed by atoms with E-state index < -0.39 is 16.1 Å². The molecule has 1 aromatic heterocycles. The van der Waals surface area contributed by atoms with Gasteiger partial charge in [-0.15, -0.1) is 0 Å². The monoisotopic (exact) mass is 309 g/mol. The highest BCUT2D eigenvalue weighted by molar-refractivity contribution is 7.89. The molecule has 6 nitrogen and oxygen atoms in total. The molecule has 21 heavy (non-hydrogen) atoms. The quantitative estimate of drug-likeness (QED) is 0.871. The largest absolute Gasteiger partial charge is 0.389 e. The number of benzene rings is 1. The Kier molecular flexibility index (Phi) is 4.46. The molecule has 0 aliphatic heterocycles. The topological polar surface area (TPSA) is 84.2 Å². The van der Waals surface area contributed by atoms with Crippen molar-refractivity contribution >= 4 is 10.0 Å². The standard InChI is InChI=1S/C14H19N3O3S/c1-10-13(9-17(3)16-10)8-15-21(19,20)14-6-4-12(5-7-14)11(2)18/h4-7,9,11,15,18H,8H2,1-3H3. The van der Waals surface area contributed by atoms with Crippen LogP contribution in [0.2, 0.25) is 0 Å². The number of aliphatic hydroxyl groups is 1. The van der Waals surface area contributed by atoms with Gasteiger partial charge in [0.1, 0.15) is 0 Å². The molecule has 0 aliphatic rings. The third-order valence-corrected chi connectivity index (χ3v) is 4.66. The van der Waals surface area contributed by atoms with Crippen molar-refractivity contribution in [2.24, 2.45) is 7.05 Å². The summed E-state index contributed by atoms with van der Waals surface area (Å²) in [5.74, 6) is 0. The lowest BCUT2D eigenvalue weighted by molar-refractivity contribution is 0.199. The number of nitrogens with zero attached hydrogens (tertiary/aromatic N) is 2.